The first-order valence-corrected chi connectivity index (χ1v) is 7.90. The molecular weight excluding hydrogens is 228 g/mol. The number of carboxylic acids is 1. The van der Waals surface area contributed by atoms with Crippen LogP contribution in [0.1, 0.15) is 46.0 Å². The van der Waals surface area contributed by atoms with Crippen molar-refractivity contribution in [2.75, 3.05) is 5.75 Å². The van der Waals surface area contributed by atoms with E-state index in [1.165, 1.54) is 12.2 Å². The third-order valence-electron chi connectivity index (χ3n) is 2.98. The molecule has 1 heterocycles. The lowest BCUT2D eigenvalue weighted by molar-refractivity contribution is -0.137. The fraction of sp³-hybridized carbons (Fsp3) is 0.909. The summed E-state index contributed by atoms with van der Waals surface area (Å²) in [6.45, 7) is 4.63. The molecule has 88 valence electrons. The molecule has 1 fully saturated rings. The van der Waals surface area contributed by atoms with Crippen LogP contribution in [0.3, 0.4) is 0 Å². The van der Waals surface area contributed by atoms with Gasteiger partial charge in [0.2, 0.25) is 0 Å². The molecule has 1 aliphatic heterocycles. The number of hydrogen-bond donors (Lipinski definition) is 1. The Balaban J connectivity index is 2.20. The largest absolute Gasteiger partial charge is 0.481 e. The van der Waals surface area contributed by atoms with Crippen LogP contribution in [0.2, 0.25) is 0 Å². The smallest absolute Gasteiger partial charge is 0.303 e. The summed E-state index contributed by atoms with van der Waals surface area (Å²) < 4.78 is 0. The number of carboxylic acid groups (broad SMARTS) is 1. The van der Waals surface area contributed by atoms with E-state index in [4.69, 9.17) is 5.11 Å². The van der Waals surface area contributed by atoms with Gasteiger partial charge in [-0.1, -0.05) is 41.9 Å². The topological polar surface area (TPSA) is 37.3 Å². The zero-order valence-electron chi connectivity index (χ0n) is 9.49. The van der Waals surface area contributed by atoms with Crippen LogP contribution in [0.25, 0.3) is 0 Å². The Hall–Kier alpha value is 0.170. The Morgan fingerprint density at radius 1 is 1.47 bits per heavy atom. The molecule has 0 aromatic rings. The van der Waals surface area contributed by atoms with Gasteiger partial charge in [-0.3, -0.25) is 4.79 Å². The van der Waals surface area contributed by atoms with Crippen LogP contribution in [0, 0.1) is 5.41 Å². The molecule has 1 rings (SSSR count). The highest BCUT2D eigenvalue weighted by Gasteiger charge is 2.32. The van der Waals surface area contributed by atoms with Gasteiger partial charge < -0.3 is 5.11 Å². The van der Waals surface area contributed by atoms with E-state index in [1.54, 1.807) is 0 Å². The van der Waals surface area contributed by atoms with E-state index in [-0.39, 0.29) is 0 Å². The SMILES string of the molecule is CC(C)(CCCCC(=O)O)C1CCSS1. The first-order chi connectivity index (χ1) is 7.02. The summed E-state index contributed by atoms with van der Waals surface area (Å²) in [6.07, 6.45) is 4.65. The number of carbonyl (C=O) groups is 1. The molecule has 1 atom stereocenters. The predicted octanol–water partition coefficient (Wildman–Crippen LogP) is 3.81. The minimum absolute atomic E-state index is 0.322. The van der Waals surface area contributed by atoms with Gasteiger partial charge in [0.05, 0.1) is 0 Å². The highest BCUT2D eigenvalue weighted by atomic mass is 33.1. The monoisotopic (exact) mass is 248 g/mol. The van der Waals surface area contributed by atoms with Gasteiger partial charge in [-0.25, -0.2) is 0 Å². The van der Waals surface area contributed by atoms with Gasteiger partial charge in [0.1, 0.15) is 0 Å². The van der Waals surface area contributed by atoms with E-state index < -0.39 is 5.97 Å². The fourth-order valence-electron chi connectivity index (χ4n) is 1.87. The zero-order valence-corrected chi connectivity index (χ0v) is 11.1. The Bertz CT molecular complexity index is 211. The van der Waals surface area contributed by atoms with Gasteiger partial charge in [0.25, 0.3) is 0 Å². The zero-order chi connectivity index (χ0) is 11.3. The van der Waals surface area contributed by atoms with E-state index in [0.29, 0.717) is 11.8 Å². The molecule has 0 saturated carbocycles. The summed E-state index contributed by atoms with van der Waals surface area (Å²) in [5.74, 6) is 0.604. The molecule has 0 bridgehead atoms. The second-order valence-corrected chi connectivity index (χ2v) is 7.47. The molecule has 15 heavy (non-hydrogen) atoms. The second-order valence-electron chi connectivity index (χ2n) is 4.78. The van der Waals surface area contributed by atoms with Crippen molar-refractivity contribution in [2.45, 2.75) is 51.2 Å². The Morgan fingerprint density at radius 3 is 2.73 bits per heavy atom. The molecule has 0 spiro atoms. The molecule has 1 N–H and O–H groups in total. The van der Waals surface area contributed by atoms with E-state index >= 15 is 0 Å². The van der Waals surface area contributed by atoms with Gasteiger partial charge in [0.15, 0.2) is 0 Å². The van der Waals surface area contributed by atoms with Gasteiger partial charge in [-0.15, -0.1) is 0 Å². The average Bonchev–Trinajstić information content (AvgIpc) is 2.65. The van der Waals surface area contributed by atoms with Crippen LogP contribution in [0.5, 0.6) is 0 Å². The van der Waals surface area contributed by atoms with Crippen molar-refractivity contribution in [2.24, 2.45) is 5.41 Å². The van der Waals surface area contributed by atoms with E-state index in [0.717, 1.165) is 24.5 Å². The maximum absolute atomic E-state index is 10.4. The highest BCUT2D eigenvalue weighted by Crippen LogP contribution is 2.48. The first kappa shape index (κ1) is 13.2. The van der Waals surface area contributed by atoms with Gasteiger partial charge in [0, 0.05) is 17.4 Å². The van der Waals surface area contributed by atoms with Crippen LogP contribution in [-0.2, 0) is 4.79 Å². The second kappa shape index (κ2) is 6.04. The molecule has 1 unspecified atom stereocenters. The maximum Gasteiger partial charge on any atom is 0.303 e. The van der Waals surface area contributed by atoms with Crippen molar-refractivity contribution in [1.29, 1.82) is 0 Å². The Morgan fingerprint density at radius 2 is 2.20 bits per heavy atom. The van der Waals surface area contributed by atoms with E-state index in [9.17, 15) is 4.79 Å². The normalized spacial score (nSPS) is 21.9. The lowest BCUT2D eigenvalue weighted by Crippen LogP contribution is -2.24. The Labute approximate surface area is 100.0 Å². The van der Waals surface area contributed by atoms with Gasteiger partial charge in [-0.05, 0) is 24.7 Å². The molecule has 0 aromatic heterocycles. The molecule has 0 amide bonds. The molecule has 0 aliphatic carbocycles. The molecule has 2 nitrogen and oxygen atoms in total. The third-order valence-corrected chi connectivity index (χ3v) is 6.23. The van der Waals surface area contributed by atoms with Crippen LogP contribution < -0.4 is 0 Å². The summed E-state index contributed by atoms with van der Waals surface area (Å²) in [5.41, 5.74) is 0.368. The molecule has 0 radical (unpaired) electrons. The maximum atomic E-state index is 10.4. The van der Waals surface area contributed by atoms with Crippen molar-refractivity contribution < 1.29 is 9.90 Å². The van der Waals surface area contributed by atoms with E-state index in [2.05, 4.69) is 13.8 Å². The van der Waals surface area contributed by atoms with E-state index in [1.807, 2.05) is 21.6 Å². The minimum Gasteiger partial charge on any atom is -0.481 e. The molecule has 0 aromatic carbocycles. The number of unbranched alkanes of at least 4 members (excludes halogenated alkanes) is 1. The summed E-state index contributed by atoms with van der Waals surface area (Å²) in [6, 6.07) is 0. The van der Waals surface area contributed by atoms with Gasteiger partial charge >= 0.3 is 5.97 Å². The van der Waals surface area contributed by atoms with Gasteiger partial charge in [-0.2, -0.15) is 0 Å². The molecule has 1 aliphatic rings. The van der Waals surface area contributed by atoms with Crippen molar-refractivity contribution in [3.63, 3.8) is 0 Å². The highest BCUT2D eigenvalue weighted by molar-refractivity contribution is 8.77. The Kier molecular flexibility index (Phi) is 5.33. The summed E-state index contributed by atoms with van der Waals surface area (Å²) in [5, 5.41) is 9.30. The quantitative estimate of drug-likeness (QED) is 0.573. The minimum atomic E-state index is -0.668. The third kappa shape index (κ3) is 4.68. The summed E-state index contributed by atoms with van der Waals surface area (Å²) in [7, 11) is 3.99. The van der Waals surface area contributed by atoms with Crippen molar-refractivity contribution >= 4 is 27.6 Å². The van der Waals surface area contributed by atoms with Crippen molar-refractivity contribution in [3.8, 4) is 0 Å². The molecular formula is C11H20O2S2. The van der Waals surface area contributed by atoms with Crippen LogP contribution in [0.4, 0.5) is 0 Å². The van der Waals surface area contributed by atoms with Crippen molar-refractivity contribution in [1.82, 2.24) is 0 Å². The predicted molar refractivity (Wildman–Crippen MR) is 68.3 cm³/mol. The molecule has 1 saturated heterocycles. The standard InChI is InChI=1S/C11H20O2S2/c1-11(2,9-6-8-14-15-9)7-4-3-5-10(12)13/h9H,3-8H2,1-2H3,(H,12,13). The summed E-state index contributed by atoms with van der Waals surface area (Å²) >= 11 is 0. The molecule has 4 heteroatoms. The lowest BCUT2D eigenvalue weighted by atomic mass is 9.82. The number of aliphatic carboxylic acids is 1. The summed E-state index contributed by atoms with van der Waals surface area (Å²) in [4.78, 5) is 10.4. The van der Waals surface area contributed by atoms with Crippen LogP contribution in [0.15, 0.2) is 0 Å². The lowest BCUT2D eigenvalue weighted by Gasteiger charge is -2.30. The van der Waals surface area contributed by atoms with Crippen LogP contribution in [-0.4, -0.2) is 22.1 Å². The van der Waals surface area contributed by atoms with Crippen LogP contribution >= 0.6 is 21.6 Å². The van der Waals surface area contributed by atoms with Crippen molar-refractivity contribution in [3.05, 3.63) is 0 Å². The number of rotatable bonds is 6. The average molecular weight is 248 g/mol. The first-order valence-electron chi connectivity index (χ1n) is 5.52. The number of hydrogen-bond acceptors (Lipinski definition) is 3. The fourth-order valence-corrected chi connectivity index (χ4v) is 5.35.